The molecule has 1 heterocycles. The summed E-state index contributed by atoms with van der Waals surface area (Å²) in [5.41, 5.74) is 1.90. The maximum absolute atomic E-state index is 13.0. The molecule has 4 rings (SSSR count). The van der Waals surface area contributed by atoms with Crippen LogP contribution in [-0.4, -0.2) is 20.2 Å². The van der Waals surface area contributed by atoms with Gasteiger partial charge in [-0.15, -0.1) is 4.40 Å². The third-order valence-corrected chi connectivity index (χ3v) is 7.04. The molecular weight excluding hydrogens is 386 g/mol. The van der Waals surface area contributed by atoms with Gasteiger partial charge in [0.15, 0.2) is 0 Å². The van der Waals surface area contributed by atoms with Gasteiger partial charge in [0.25, 0.3) is 10.0 Å². The van der Waals surface area contributed by atoms with Crippen LogP contribution in [0.3, 0.4) is 0 Å². The summed E-state index contributed by atoms with van der Waals surface area (Å²) in [5, 5.41) is 2.86. The number of sulfonamides is 1. The molecule has 7 heteroatoms. The molecule has 0 bridgehead atoms. The Morgan fingerprint density at radius 2 is 1.93 bits per heavy atom. The van der Waals surface area contributed by atoms with Crippen LogP contribution in [0, 0.1) is 11.8 Å². The summed E-state index contributed by atoms with van der Waals surface area (Å²) in [4.78, 5) is 14.3. The van der Waals surface area contributed by atoms with Gasteiger partial charge in [-0.3, -0.25) is 9.69 Å². The molecule has 152 valence electrons. The minimum absolute atomic E-state index is 0.0264. The van der Waals surface area contributed by atoms with Gasteiger partial charge in [0.1, 0.15) is 10.7 Å². The summed E-state index contributed by atoms with van der Waals surface area (Å²) >= 11 is 0. The van der Waals surface area contributed by atoms with Crippen molar-refractivity contribution in [2.45, 2.75) is 44.4 Å². The van der Waals surface area contributed by atoms with E-state index in [4.69, 9.17) is 0 Å². The van der Waals surface area contributed by atoms with Crippen molar-refractivity contribution >= 4 is 38.8 Å². The fourth-order valence-electron chi connectivity index (χ4n) is 3.58. The molecule has 6 nitrogen and oxygen atoms in total. The minimum Gasteiger partial charge on any atom is -0.326 e. The van der Waals surface area contributed by atoms with Crippen LogP contribution in [0.5, 0.6) is 0 Å². The summed E-state index contributed by atoms with van der Waals surface area (Å²) < 4.78 is 30.2. The molecule has 0 radical (unpaired) electrons. The van der Waals surface area contributed by atoms with Gasteiger partial charge in [0.05, 0.1) is 5.69 Å². The number of rotatable bonds is 5. The number of carbonyl (C=O) groups excluding carboxylic acids is 1. The molecule has 1 aliphatic carbocycles. The Hall–Kier alpha value is -2.67. The highest BCUT2D eigenvalue weighted by Crippen LogP contribution is 2.40. The second-order valence-electron chi connectivity index (χ2n) is 7.70. The van der Waals surface area contributed by atoms with Gasteiger partial charge in [0, 0.05) is 23.2 Å². The highest BCUT2D eigenvalue weighted by Gasteiger charge is 2.34. The second kappa shape index (κ2) is 7.63. The Balaban J connectivity index is 1.79. The molecule has 2 aromatic rings. The SMILES string of the molecule is CC[C@@H](C)C1=NS(=O)(=O)c2cc(NC(=O)C3CCC3)ccc2N1c1ccccc1. The Morgan fingerprint density at radius 1 is 1.21 bits per heavy atom. The van der Waals surface area contributed by atoms with Crippen molar-refractivity contribution in [3.63, 3.8) is 0 Å². The first-order valence-electron chi connectivity index (χ1n) is 10.1. The molecule has 29 heavy (non-hydrogen) atoms. The molecule has 1 atom stereocenters. The van der Waals surface area contributed by atoms with Crippen LogP contribution in [0.25, 0.3) is 0 Å². The Labute approximate surface area is 171 Å². The maximum Gasteiger partial charge on any atom is 0.286 e. The van der Waals surface area contributed by atoms with E-state index in [1.54, 1.807) is 12.1 Å². The molecule has 2 aliphatic rings. The van der Waals surface area contributed by atoms with E-state index in [2.05, 4.69) is 9.71 Å². The number of para-hydroxylation sites is 1. The van der Waals surface area contributed by atoms with Crippen LogP contribution in [0.2, 0.25) is 0 Å². The van der Waals surface area contributed by atoms with E-state index in [0.29, 0.717) is 17.2 Å². The first kappa shape index (κ1) is 19.6. The summed E-state index contributed by atoms with van der Waals surface area (Å²) in [6.45, 7) is 3.99. The third kappa shape index (κ3) is 3.67. The highest BCUT2D eigenvalue weighted by atomic mass is 32.2. The number of amides is 1. The number of amidine groups is 1. The van der Waals surface area contributed by atoms with Crippen molar-refractivity contribution in [1.29, 1.82) is 0 Å². The van der Waals surface area contributed by atoms with Gasteiger partial charge < -0.3 is 5.32 Å². The predicted molar refractivity (Wildman–Crippen MR) is 115 cm³/mol. The van der Waals surface area contributed by atoms with Crippen molar-refractivity contribution in [3.8, 4) is 0 Å². The average Bonchev–Trinajstić information content (AvgIpc) is 2.66. The summed E-state index contributed by atoms with van der Waals surface area (Å²) in [6, 6.07) is 14.7. The normalized spacial score (nSPS) is 19.0. The number of nitrogens with one attached hydrogen (secondary N) is 1. The van der Waals surface area contributed by atoms with Crippen LogP contribution in [0.1, 0.15) is 39.5 Å². The van der Waals surface area contributed by atoms with Gasteiger partial charge in [-0.25, -0.2) is 0 Å². The first-order chi connectivity index (χ1) is 13.9. The second-order valence-corrected chi connectivity index (χ2v) is 9.28. The largest absolute Gasteiger partial charge is 0.326 e. The van der Waals surface area contributed by atoms with Crippen molar-refractivity contribution in [2.75, 3.05) is 10.2 Å². The zero-order valence-corrected chi connectivity index (χ0v) is 17.4. The van der Waals surface area contributed by atoms with Crippen LogP contribution in [-0.2, 0) is 14.8 Å². The number of fused-ring (bicyclic) bond motifs is 1. The monoisotopic (exact) mass is 411 g/mol. The predicted octanol–water partition coefficient (Wildman–Crippen LogP) is 4.71. The molecule has 1 aliphatic heterocycles. The lowest BCUT2D eigenvalue weighted by Gasteiger charge is -2.33. The van der Waals surface area contributed by atoms with Crippen LogP contribution >= 0.6 is 0 Å². The van der Waals surface area contributed by atoms with Crippen molar-refractivity contribution in [2.24, 2.45) is 16.2 Å². The van der Waals surface area contributed by atoms with Gasteiger partial charge in [0.2, 0.25) is 5.91 Å². The van der Waals surface area contributed by atoms with E-state index in [-0.39, 0.29) is 22.6 Å². The highest BCUT2D eigenvalue weighted by molar-refractivity contribution is 7.90. The van der Waals surface area contributed by atoms with E-state index < -0.39 is 10.0 Å². The quantitative estimate of drug-likeness (QED) is 0.773. The van der Waals surface area contributed by atoms with Gasteiger partial charge in [-0.05, 0) is 49.6 Å². The third-order valence-electron chi connectivity index (χ3n) is 5.73. The number of hydrogen-bond donors (Lipinski definition) is 1. The van der Waals surface area contributed by atoms with Crippen molar-refractivity contribution in [3.05, 3.63) is 48.5 Å². The standard InChI is InChI=1S/C22H25N3O3S/c1-3-15(2)21-24-29(27,28)20-14-17(23-22(26)16-8-7-9-16)12-13-19(20)25(21)18-10-5-4-6-11-18/h4-6,10-16H,3,7-9H2,1-2H3,(H,23,26)/t15-/m1/s1. The molecule has 1 N–H and O–H groups in total. The Morgan fingerprint density at radius 3 is 2.55 bits per heavy atom. The number of anilines is 3. The van der Waals surface area contributed by atoms with Crippen LogP contribution in [0.15, 0.2) is 57.8 Å². The van der Waals surface area contributed by atoms with Crippen LogP contribution in [0.4, 0.5) is 17.1 Å². The van der Waals surface area contributed by atoms with E-state index in [9.17, 15) is 13.2 Å². The first-order valence-corrected chi connectivity index (χ1v) is 11.5. The number of benzene rings is 2. The fraction of sp³-hybridized carbons (Fsp3) is 0.364. The minimum atomic E-state index is -3.86. The molecule has 0 spiro atoms. The maximum atomic E-state index is 13.0. The molecule has 1 amide bonds. The van der Waals surface area contributed by atoms with E-state index >= 15 is 0 Å². The number of nitrogens with zero attached hydrogens (tertiary/aromatic N) is 2. The molecule has 0 saturated heterocycles. The molecule has 1 saturated carbocycles. The smallest absolute Gasteiger partial charge is 0.286 e. The van der Waals surface area contributed by atoms with Crippen molar-refractivity contribution < 1.29 is 13.2 Å². The molecule has 2 aromatic carbocycles. The summed E-state index contributed by atoms with van der Waals surface area (Å²) in [5.74, 6) is 0.459. The average molecular weight is 412 g/mol. The lowest BCUT2D eigenvalue weighted by Crippen LogP contribution is -2.36. The van der Waals surface area contributed by atoms with Gasteiger partial charge >= 0.3 is 0 Å². The molecule has 0 unspecified atom stereocenters. The summed E-state index contributed by atoms with van der Waals surface area (Å²) in [6.07, 6.45) is 3.61. The summed E-state index contributed by atoms with van der Waals surface area (Å²) in [7, 11) is -3.86. The van der Waals surface area contributed by atoms with Gasteiger partial charge in [-0.1, -0.05) is 38.5 Å². The lowest BCUT2D eigenvalue weighted by molar-refractivity contribution is -0.122. The van der Waals surface area contributed by atoms with E-state index in [0.717, 1.165) is 31.4 Å². The number of carbonyl (C=O) groups is 1. The van der Waals surface area contributed by atoms with Crippen molar-refractivity contribution in [1.82, 2.24) is 0 Å². The molecular formula is C22H25N3O3S. The zero-order chi connectivity index (χ0) is 20.6. The van der Waals surface area contributed by atoms with Gasteiger partial charge in [-0.2, -0.15) is 8.42 Å². The van der Waals surface area contributed by atoms with E-state index in [1.165, 1.54) is 6.07 Å². The topological polar surface area (TPSA) is 78.8 Å². The Kier molecular flexibility index (Phi) is 5.17. The molecule has 1 fully saturated rings. The Bertz CT molecular complexity index is 1060. The zero-order valence-electron chi connectivity index (χ0n) is 16.6. The fourth-order valence-corrected chi connectivity index (χ4v) is 4.88. The van der Waals surface area contributed by atoms with E-state index in [1.807, 2.05) is 49.1 Å². The lowest BCUT2D eigenvalue weighted by atomic mass is 9.85. The van der Waals surface area contributed by atoms with Crippen LogP contribution < -0.4 is 10.2 Å². The number of hydrogen-bond acceptors (Lipinski definition) is 4. The molecule has 0 aromatic heterocycles.